The Morgan fingerprint density at radius 3 is 2.53 bits per heavy atom. The van der Waals surface area contributed by atoms with Crippen LogP contribution in [0.4, 0.5) is 0 Å². The molecule has 0 amide bonds. The molecule has 0 aliphatic carbocycles. The lowest BCUT2D eigenvalue weighted by atomic mass is 9.92. The Kier molecular flexibility index (Phi) is 4.15. The molecule has 0 saturated carbocycles. The molecular weight excluding hydrogens is 212 g/mol. The molecule has 2 rings (SSSR count). The van der Waals surface area contributed by atoms with Gasteiger partial charge in [0.15, 0.2) is 0 Å². The van der Waals surface area contributed by atoms with Gasteiger partial charge in [0.1, 0.15) is 0 Å². The van der Waals surface area contributed by atoms with E-state index in [0.29, 0.717) is 5.92 Å². The molecule has 0 radical (unpaired) electrons. The first kappa shape index (κ1) is 12.1. The normalized spacial score (nSPS) is 19.5. The summed E-state index contributed by atoms with van der Waals surface area (Å²) in [6, 6.07) is 10.6. The summed E-state index contributed by atoms with van der Waals surface area (Å²) in [6.07, 6.45) is 2.20. The Labute approximate surface area is 103 Å². The maximum Gasteiger partial charge on any atom is 0.0571 e. The lowest BCUT2D eigenvalue weighted by Gasteiger charge is -2.31. The minimum Gasteiger partial charge on any atom is -0.411 e. The number of piperidine rings is 1. The molecule has 17 heavy (non-hydrogen) atoms. The summed E-state index contributed by atoms with van der Waals surface area (Å²) in [5.74, 6) is 0.465. The fourth-order valence-electron chi connectivity index (χ4n) is 2.43. The summed E-state index contributed by atoms with van der Waals surface area (Å²) in [5.41, 5.74) is 2.25. The van der Waals surface area contributed by atoms with Crippen molar-refractivity contribution >= 4 is 5.71 Å². The van der Waals surface area contributed by atoms with E-state index < -0.39 is 0 Å². The molecule has 0 spiro atoms. The van der Waals surface area contributed by atoms with Gasteiger partial charge in [0.25, 0.3) is 0 Å². The van der Waals surface area contributed by atoms with Crippen LogP contribution in [0.25, 0.3) is 0 Å². The highest BCUT2D eigenvalue weighted by Gasteiger charge is 2.21. The van der Waals surface area contributed by atoms with Crippen LogP contribution in [0.1, 0.15) is 25.3 Å². The van der Waals surface area contributed by atoms with Crippen molar-refractivity contribution in [2.24, 2.45) is 11.1 Å². The molecule has 1 heterocycles. The highest BCUT2D eigenvalue weighted by Crippen LogP contribution is 2.20. The number of oxime groups is 1. The van der Waals surface area contributed by atoms with Crippen molar-refractivity contribution in [3.63, 3.8) is 0 Å². The third-order valence-electron chi connectivity index (χ3n) is 3.59. The van der Waals surface area contributed by atoms with Crippen molar-refractivity contribution in [1.82, 2.24) is 4.90 Å². The summed E-state index contributed by atoms with van der Waals surface area (Å²) < 4.78 is 0. The van der Waals surface area contributed by atoms with Gasteiger partial charge in [-0.15, -0.1) is 0 Å². The summed E-state index contributed by atoms with van der Waals surface area (Å²) in [4.78, 5) is 2.47. The Morgan fingerprint density at radius 2 is 1.94 bits per heavy atom. The lowest BCUT2D eigenvalue weighted by molar-refractivity contribution is 0.199. The van der Waals surface area contributed by atoms with E-state index in [0.717, 1.165) is 38.2 Å². The van der Waals surface area contributed by atoms with Crippen LogP contribution in [-0.4, -0.2) is 28.9 Å². The smallest absolute Gasteiger partial charge is 0.0571 e. The van der Waals surface area contributed by atoms with Gasteiger partial charge >= 0.3 is 0 Å². The van der Waals surface area contributed by atoms with Crippen molar-refractivity contribution in [2.75, 3.05) is 13.1 Å². The molecule has 3 heteroatoms. The van der Waals surface area contributed by atoms with Gasteiger partial charge in [0.05, 0.1) is 5.71 Å². The van der Waals surface area contributed by atoms with Crippen LogP contribution in [0.2, 0.25) is 0 Å². The number of hydrogen-bond donors (Lipinski definition) is 1. The van der Waals surface area contributed by atoms with Crippen molar-refractivity contribution in [3.05, 3.63) is 35.9 Å². The first-order chi connectivity index (χ1) is 8.29. The summed E-state index contributed by atoms with van der Waals surface area (Å²) >= 11 is 0. The zero-order valence-corrected chi connectivity index (χ0v) is 10.3. The molecule has 0 atom stereocenters. The monoisotopic (exact) mass is 232 g/mol. The van der Waals surface area contributed by atoms with Gasteiger partial charge in [-0.25, -0.2) is 0 Å². The van der Waals surface area contributed by atoms with Crippen molar-refractivity contribution < 1.29 is 5.21 Å². The van der Waals surface area contributed by atoms with E-state index in [-0.39, 0.29) is 0 Å². The number of rotatable bonds is 3. The number of benzene rings is 1. The maximum atomic E-state index is 8.76. The van der Waals surface area contributed by atoms with Crippen LogP contribution in [-0.2, 0) is 6.54 Å². The maximum absolute atomic E-state index is 8.76. The number of hydrogen-bond acceptors (Lipinski definition) is 3. The van der Waals surface area contributed by atoms with Crippen molar-refractivity contribution in [2.45, 2.75) is 26.3 Å². The quantitative estimate of drug-likeness (QED) is 0.494. The highest BCUT2D eigenvalue weighted by atomic mass is 16.4. The summed E-state index contributed by atoms with van der Waals surface area (Å²) in [6.45, 7) is 5.12. The van der Waals surface area contributed by atoms with E-state index in [9.17, 15) is 0 Å². The Morgan fingerprint density at radius 1 is 1.29 bits per heavy atom. The highest BCUT2D eigenvalue weighted by molar-refractivity contribution is 5.83. The third kappa shape index (κ3) is 3.30. The molecule has 3 nitrogen and oxygen atoms in total. The standard InChI is InChI=1S/C14H20N2O/c1-12(15-17)14-7-9-16(10-8-14)11-13-5-3-2-4-6-13/h2-6,14,17H,7-11H2,1H3/b15-12+. The van der Waals surface area contributed by atoms with E-state index in [1.165, 1.54) is 5.56 Å². The molecule has 1 N–H and O–H groups in total. The van der Waals surface area contributed by atoms with E-state index in [1.54, 1.807) is 0 Å². The molecule has 0 aromatic heterocycles. The van der Waals surface area contributed by atoms with Gasteiger partial charge in [-0.3, -0.25) is 4.90 Å². The van der Waals surface area contributed by atoms with Crippen LogP contribution >= 0.6 is 0 Å². The molecule has 92 valence electrons. The van der Waals surface area contributed by atoms with Gasteiger partial charge < -0.3 is 5.21 Å². The average Bonchev–Trinajstić information content (AvgIpc) is 2.40. The van der Waals surface area contributed by atoms with E-state index in [1.807, 2.05) is 6.92 Å². The van der Waals surface area contributed by atoms with E-state index in [2.05, 4.69) is 40.4 Å². The molecule has 0 unspecified atom stereocenters. The fourth-order valence-corrected chi connectivity index (χ4v) is 2.43. The zero-order valence-electron chi connectivity index (χ0n) is 10.3. The molecule has 1 saturated heterocycles. The molecule has 1 aliphatic rings. The predicted molar refractivity (Wildman–Crippen MR) is 69.3 cm³/mol. The Hall–Kier alpha value is -1.35. The van der Waals surface area contributed by atoms with E-state index in [4.69, 9.17) is 5.21 Å². The van der Waals surface area contributed by atoms with Crippen LogP contribution in [0, 0.1) is 5.92 Å². The summed E-state index contributed by atoms with van der Waals surface area (Å²) in [5, 5.41) is 12.1. The predicted octanol–water partition coefficient (Wildman–Crippen LogP) is 2.75. The Balaban J connectivity index is 1.84. The van der Waals surface area contributed by atoms with Crippen molar-refractivity contribution in [3.8, 4) is 0 Å². The molecule has 1 aromatic rings. The topological polar surface area (TPSA) is 35.8 Å². The second-order valence-electron chi connectivity index (χ2n) is 4.78. The molecule has 1 aromatic carbocycles. The first-order valence-electron chi connectivity index (χ1n) is 6.24. The number of nitrogens with zero attached hydrogens (tertiary/aromatic N) is 2. The van der Waals surface area contributed by atoms with Crippen LogP contribution in [0.15, 0.2) is 35.5 Å². The van der Waals surface area contributed by atoms with Crippen LogP contribution in [0.3, 0.4) is 0 Å². The van der Waals surface area contributed by atoms with Gasteiger partial charge in [-0.1, -0.05) is 35.5 Å². The molecule has 1 aliphatic heterocycles. The SMILES string of the molecule is C/C(=N\O)C1CCN(Cc2ccccc2)CC1. The number of likely N-dealkylation sites (tertiary alicyclic amines) is 1. The van der Waals surface area contributed by atoms with Crippen molar-refractivity contribution in [1.29, 1.82) is 0 Å². The molecule has 1 fully saturated rings. The van der Waals surface area contributed by atoms with Gasteiger partial charge in [-0.2, -0.15) is 0 Å². The Bertz CT molecular complexity index is 367. The van der Waals surface area contributed by atoms with Gasteiger partial charge in [0, 0.05) is 12.5 Å². The summed E-state index contributed by atoms with van der Waals surface area (Å²) in [7, 11) is 0. The minimum atomic E-state index is 0.465. The first-order valence-corrected chi connectivity index (χ1v) is 6.24. The van der Waals surface area contributed by atoms with Gasteiger partial charge in [-0.05, 0) is 38.4 Å². The minimum absolute atomic E-state index is 0.465. The fraction of sp³-hybridized carbons (Fsp3) is 0.500. The molecule has 0 bridgehead atoms. The lowest BCUT2D eigenvalue weighted by Crippen LogP contribution is -2.35. The molecular formula is C14H20N2O. The third-order valence-corrected chi connectivity index (χ3v) is 3.59. The second-order valence-corrected chi connectivity index (χ2v) is 4.78. The van der Waals surface area contributed by atoms with Gasteiger partial charge in [0.2, 0.25) is 0 Å². The van der Waals surface area contributed by atoms with E-state index >= 15 is 0 Å². The largest absolute Gasteiger partial charge is 0.411 e. The zero-order chi connectivity index (χ0) is 12.1. The van der Waals surface area contributed by atoms with Crippen LogP contribution < -0.4 is 0 Å². The van der Waals surface area contributed by atoms with Crippen LogP contribution in [0.5, 0.6) is 0 Å². The average molecular weight is 232 g/mol. The second kappa shape index (κ2) is 5.82.